The lowest BCUT2D eigenvalue weighted by Crippen LogP contribution is -2.27. The van der Waals surface area contributed by atoms with E-state index in [1.54, 1.807) is 0 Å². The molecular formula is C16H26N2. The fourth-order valence-corrected chi connectivity index (χ4v) is 2.54. The molecule has 0 atom stereocenters. The van der Waals surface area contributed by atoms with Crippen molar-refractivity contribution in [2.45, 2.75) is 39.0 Å². The summed E-state index contributed by atoms with van der Waals surface area (Å²) >= 11 is 0. The monoisotopic (exact) mass is 246 g/mol. The highest BCUT2D eigenvalue weighted by molar-refractivity contribution is 5.54. The Hall–Kier alpha value is -1.02. The van der Waals surface area contributed by atoms with Crippen molar-refractivity contribution < 1.29 is 0 Å². The third-order valence-corrected chi connectivity index (χ3v) is 3.90. The van der Waals surface area contributed by atoms with Gasteiger partial charge in [0, 0.05) is 24.2 Å². The number of hydrogen-bond donors (Lipinski definition) is 2. The molecule has 0 radical (unpaired) electrons. The van der Waals surface area contributed by atoms with Gasteiger partial charge < -0.3 is 10.6 Å². The lowest BCUT2D eigenvalue weighted by atomic mass is 9.85. The number of benzene rings is 1. The molecule has 2 heteroatoms. The SMILES string of the molecule is CNCC1(CNc2ccccc2C(C)(C)C)CC1. The molecule has 2 rings (SSSR count). The molecule has 1 aliphatic rings. The first kappa shape index (κ1) is 13.4. The highest BCUT2D eigenvalue weighted by atomic mass is 14.9. The van der Waals surface area contributed by atoms with Crippen molar-refractivity contribution >= 4 is 5.69 Å². The van der Waals surface area contributed by atoms with E-state index in [1.807, 2.05) is 7.05 Å². The summed E-state index contributed by atoms with van der Waals surface area (Å²) in [5.41, 5.74) is 3.40. The van der Waals surface area contributed by atoms with Gasteiger partial charge in [-0.25, -0.2) is 0 Å². The van der Waals surface area contributed by atoms with Gasteiger partial charge >= 0.3 is 0 Å². The van der Waals surface area contributed by atoms with Crippen LogP contribution in [0, 0.1) is 5.41 Å². The summed E-state index contributed by atoms with van der Waals surface area (Å²) in [4.78, 5) is 0. The predicted octanol–water partition coefficient (Wildman–Crippen LogP) is 3.40. The molecule has 1 aromatic carbocycles. The zero-order valence-electron chi connectivity index (χ0n) is 12.1. The molecule has 0 aliphatic heterocycles. The summed E-state index contributed by atoms with van der Waals surface area (Å²) in [6.07, 6.45) is 2.69. The van der Waals surface area contributed by atoms with E-state index < -0.39 is 0 Å². The summed E-state index contributed by atoms with van der Waals surface area (Å²) in [5.74, 6) is 0. The minimum Gasteiger partial charge on any atom is -0.384 e. The van der Waals surface area contributed by atoms with Crippen LogP contribution in [0.15, 0.2) is 24.3 Å². The van der Waals surface area contributed by atoms with E-state index in [0.717, 1.165) is 13.1 Å². The molecule has 0 heterocycles. The van der Waals surface area contributed by atoms with Crippen LogP contribution in [0.4, 0.5) is 5.69 Å². The van der Waals surface area contributed by atoms with Crippen molar-refractivity contribution in [1.82, 2.24) is 5.32 Å². The van der Waals surface area contributed by atoms with Crippen LogP contribution >= 0.6 is 0 Å². The van der Waals surface area contributed by atoms with Gasteiger partial charge in [0.25, 0.3) is 0 Å². The maximum Gasteiger partial charge on any atom is 0.0378 e. The Kier molecular flexibility index (Phi) is 3.67. The average Bonchev–Trinajstić information content (AvgIpc) is 3.07. The second kappa shape index (κ2) is 4.93. The molecule has 1 aromatic rings. The van der Waals surface area contributed by atoms with E-state index in [1.165, 1.54) is 24.1 Å². The number of para-hydroxylation sites is 1. The molecule has 18 heavy (non-hydrogen) atoms. The standard InChI is InChI=1S/C16H26N2/c1-15(2,3)13-7-5-6-8-14(13)18-12-16(9-10-16)11-17-4/h5-8,17-18H,9-12H2,1-4H3. The molecule has 100 valence electrons. The third-order valence-electron chi connectivity index (χ3n) is 3.90. The van der Waals surface area contributed by atoms with Crippen molar-refractivity contribution in [3.05, 3.63) is 29.8 Å². The molecule has 1 aliphatic carbocycles. The minimum atomic E-state index is 0.198. The molecule has 0 amide bonds. The Morgan fingerprint density at radius 2 is 1.78 bits per heavy atom. The summed E-state index contributed by atoms with van der Waals surface area (Å²) in [7, 11) is 2.04. The van der Waals surface area contributed by atoms with Crippen LogP contribution in [0.2, 0.25) is 0 Å². The second-order valence-electron chi connectivity index (χ2n) is 6.68. The highest BCUT2D eigenvalue weighted by Crippen LogP contribution is 2.45. The van der Waals surface area contributed by atoms with Gasteiger partial charge in [-0.1, -0.05) is 39.0 Å². The predicted molar refractivity (Wildman–Crippen MR) is 79.2 cm³/mol. The molecule has 0 bridgehead atoms. The molecule has 0 spiro atoms. The maximum atomic E-state index is 3.67. The summed E-state index contributed by atoms with van der Waals surface area (Å²) in [5, 5.41) is 6.98. The maximum absolute atomic E-state index is 3.67. The quantitative estimate of drug-likeness (QED) is 0.832. The molecule has 2 nitrogen and oxygen atoms in total. The number of hydrogen-bond acceptors (Lipinski definition) is 2. The first-order valence-electron chi connectivity index (χ1n) is 6.95. The molecular weight excluding hydrogens is 220 g/mol. The summed E-state index contributed by atoms with van der Waals surface area (Å²) in [6.45, 7) is 9.02. The average molecular weight is 246 g/mol. The second-order valence-corrected chi connectivity index (χ2v) is 6.68. The van der Waals surface area contributed by atoms with Crippen LogP contribution in [-0.4, -0.2) is 20.1 Å². The Balaban J connectivity index is 2.06. The minimum absolute atomic E-state index is 0.198. The van der Waals surface area contributed by atoms with Crippen LogP contribution in [0.25, 0.3) is 0 Å². The van der Waals surface area contributed by atoms with Gasteiger partial charge in [-0.15, -0.1) is 0 Å². The largest absolute Gasteiger partial charge is 0.384 e. The van der Waals surface area contributed by atoms with Crippen LogP contribution in [-0.2, 0) is 5.41 Å². The van der Waals surface area contributed by atoms with Crippen molar-refractivity contribution in [3.63, 3.8) is 0 Å². The third kappa shape index (κ3) is 3.05. The fraction of sp³-hybridized carbons (Fsp3) is 0.625. The van der Waals surface area contributed by atoms with Gasteiger partial charge in [-0.05, 0) is 36.9 Å². The molecule has 0 unspecified atom stereocenters. The Bertz CT molecular complexity index is 400. The van der Waals surface area contributed by atoms with E-state index in [-0.39, 0.29) is 5.41 Å². The van der Waals surface area contributed by atoms with E-state index >= 15 is 0 Å². The Morgan fingerprint density at radius 1 is 1.11 bits per heavy atom. The smallest absolute Gasteiger partial charge is 0.0378 e. The van der Waals surface area contributed by atoms with Gasteiger partial charge in [-0.3, -0.25) is 0 Å². The zero-order chi connectivity index (χ0) is 13.2. The lowest BCUT2D eigenvalue weighted by molar-refractivity contribution is 0.505. The topological polar surface area (TPSA) is 24.1 Å². The molecule has 2 N–H and O–H groups in total. The first-order valence-corrected chi connectivity index (χ1v) is 6.95. The van der Waals surface area contributed by atoms with Crippen molar-refractivity contribution in [2.24, 2.45) is 5.41 Å². The van der Waals surface area contributed by atoms with Crippen LogP contribution in [0.5, 0.6) is 0 Å². The van der Waals surface area contributed by atoms with Crippen LogP contribution in [0.1, 0.15) is 39.2 Å². The zero-order valence-corrected chi connectivity index (χ0v) is 12.1. The highest BCUT2D eigenvalue weighted by Gasteiger charge is 2.41. The van der Waals surface area contributed by atoms with Gasteiger partial charge in [0.2, 0.25) is 0 Å². The van der Waals surface area contributed by atoms with Crippen molar-refractivity contribution in [3.8, 4) is 0 Å². The van der Waals surface area contributed by atoms with E-state index in [9.17, 15) is 0 Å². The van der Waals surface area contributed by atoms with Crippen molar-refractivity contribution in [1.29, 1.82) is 0 Å². The Morgan fingerprint density at radius 3 is 2.33 bits per heavy atom. The molecule has 0 aromatic heterocycles. The Labute approximate surface area is 111 Å². The van der Waals surface area contributed by atoms with E-state index in [2.05, 4.69) is 55.7 Å². The van der Waals surface area contributed by atoms with E-state index in [4.69, 9.17) is 0 Å². The van der Waals surface area contributed by atoms with Gasteiger partial charge in [0.1, 0.15) is 0 Å². The number of anilines is 1. The normalized spacial score (nSPS) is 17.6. The molecule has 1 fully saturated rings. The van der Waals surface area contributed by atoms with Crippen LogP contribution < -0.4 is 10.6 Å². The van der Waals surface area contributed by atoms with Gasteiger partial charge in [-0.2, -0.15) is 0 Å². The number of rotatable bonds is 5. The molecule has 1 saturated carbocycles. The molecule has 0 saturated heterocycles. The van der Waals surface area contributed by atoms with Gasteiger partial charge in [0.15, 0.2) is 0 Å². The fourth-order valence-electron chi connectivity index (χ4n) is 2.54. The van der Waals surface area contributed by atoms with Gasteiger partial charge in [0.05, 0.1) is 0 Å². The lowest BCUT2D eigenvalue weighted by Gasteiger charge is -2.25. The van der Waals surface area contributed by atoms with Crippen molar-refractivity contribution in [2.75, 3.05) is 25.5 Å². The number of nitrogens with one attached hydrogen (secondary N) is 2. The van der Waals surface area contributed by atoms with E-state index in [0.29, 0.717) is 5.41 Å². The van der Waals surface area contributed by atoms with Crippen LogP contribution in [0.3, 0.4) is 0 Å². The first-order chi connectivity index (χ1) is 8.47. The summed E-state index contributed by atoms with van der Waals surface area (Å²) in [6, 6.07) is 8.69. The summed E-state index contributed by atoms with van der Waals surface area (Å²) < 4.78 is 0.